The average Bonchev–Trinajstić information content (AvgIpc) is 2.42. The molecule has 2 atom stereocenters. The third-order valence-electron chi connectivity index (χ3n) is 3.77. The molecule has 0 saturated carbocycles. The molecule has 0 spiro atoms. The number of carboxylic acid groups (broad SMARTS) is 1. The Hall–Kier alpha value is -1.10. The number of unbranched alkanes of at least 4 members (excludes halogenated alkanes) is 2. The number of carbonyl (C=O) groups excluding carboxylic acids is 1. The Bertz CT molecular complexity index is 294. The van der Waals surface area contributed by atoms with Crippen molar-refractivity contribution in [3.05, 3.63) is 0 Å². The van der Waals surface area contributed by atoms with Gasteiger partial charge in [-0.15, -0.1) is 0 Å². The third-order valence-corrected chi connectivity index (χ3v) is 3.77. The molecule has 0 aromatic heterocycles. The highest BCUT2D eigenvalue weighted by Crippen LogP contribution is 2.19. The first-order valence-corrected chi connectivity index (χ1v) is 7.36. The fourth-order valence-electron chi connectivity index (χ4n) is 2.48. The molecule has 5 heteroatoms. The van der Waals surface area contributed by atoms with Crippen LogP contribution in [0.15, 0.2) is 0 Å². The smallest absolute Gasteiger partial charge is 0.303 e. The molecule has 1 fully saturated rings. The summed E-state index contributed by atoms with van der Waals surface area (Å²) < 4.78 is 0. The molecule has 2 unspecified atom stereocenters. The highest BCUT2D eigenvalue weighted by atomic mass is 16.4. The first kappa shape index (κ1) is 16.0. The molecule has 1 amide bonds. The summed E-state index contributed by atoms with van der Waals surface area (Å²) in [6, 6.07) is -0.0438. The topological polar surface area (TPSA) is 78.4 Å². The number of rotatable bonds is 8. The molecule has 1 heterocycles. The number of amides is 1. The van der Waals surface area contributed by atoms with Crippen LogP contribution < -0.4 is 10.6 Å². The molecule has 110 valence electrons. The van der Waals surface area contributed by atoms with Crippen molar-refractivity contribution in [1.29, 1.82) is 0 Å². The van der Waals surface area contributed by atoms with Gasteiger partial charge in [-0.25, -0.2) is 0 Å². The van der Waals surface area contributed by atoms with Gasteiger partial charge in [-0.2, -0.15) is 0 Å². The predicted molar refractivity (Wildman–Crippen MR) is 73.9 cm³/mol. The minimum atomic E-state index is -0.749. The van der Waals surface area contributed by atoms with Crippen molar-refractivity contribution in [2.75, 3.05) is 13.1 Å². The van der Waals surface area contributed by atoms with Crippen LogP contribution in [0.4, 0.5) is 0 Å². The second-order valence-electron chi connectivity index (χ2n) is 5.30. The Morgan fingerprint density at radius 3 is 2.79 bits per heavy atom. The van der Waals surface area contributed by atoms with Gasteiger partial charge in [-0.1, -0.05) is 19.8 Å². The van der Waals surface area contributed by atoms with E-state index in [1.165, 1.54) is 0 Å². The maximum Gasteiger partial charge on any atom is 0.303 e. The molecule has 1 aliphatic heterocycles. The van der Waals surface area contributed by atoms with Crippen molar-refractivity contribution in [1.82, 2.24) is 10.6 Å². The third kappa shape index (κ3) is 6.57. The Morgan fingerprint density at radius 2 is 2.11 bits per heavy atom. The second-order valence-corrected chi connectivity index (χ2v) is 5.30. The van der Waals surface area contributed by atoms with E-state index in [9.17, 15) is 9.59 Å². The first-order valence-electron chi connectivity index (χ1n) is 7.36. The van der Waals surface area contributed by atoms with E-state index in [1.807, 2.05) is 0 Å². The van der Waals surface area contributed by atoms with Crippen LogP contribution in [-0.2, 0) is 9.59 Å². The zero-order valence-electron chi connectivity index (χ0n) is 11.8. The van der Waals surface area contributed by atoms with Gasteiger partial charge in [0.1, 0.15) is 0 Å². The second kappa shape index (κ2) is 8.91. The average molecular weight is 270 g/mol. The van der Waals surface area contributed by atoms with Crippen LogP contribution in [0.1, 0.15) is 51.9 Å². The van der Waals surface area contributed by atoms with Crippen molar-refractivity contribution in [2.45, 2.75) is 57.9 Å². The molecule has 0 aromatic rings. The lowest BCUT2D eigenvalue weighted by Gasteiger charge is -2.28. The van der Waals surface area contributed by atoms with E-state index in [0.29, 0.717) is 18.9 Å². The van der Waals surface area contributed by atoms with E-state index in [-0.39, 0.29) is 18.4 Å². The summed E-state index contributed by atoms with van der Waals surface area (Å²) in [5.74, 6) is 0.00463. The molecule has 0 bridgehead atoms. The minimum absolute atomic E-state index is 0.0438. The highest BCUT2D eigenvalue weighted by Gasteiger charge is 2.25. The van der Waals surface area contributed by atoms with Crippen molar-refractivity contribution in [2.24, 2.45) is 5.92 Å². The fraction of sp³-hybridized carbons (Fsp3) is 0.857. The van der Waals surface area contributed by atoms with Crippen molar-refractivity contribution in [3.8, 4) is 0 Å². The summed E-state index contributed by atoms with van der Waals surface area (Å²) in [5, 5.41) is 14.7. The lowest BCUT2D eigenvalue weighted by Crippen LogP contribution is -2.48. The van der Waals surface area contributed by atoms with Crippen LogP contribution in [-0.4, -0.2) is 36.1 Å². The van der Waals surface area contributed by atoms with Gasteiger partial charge < -0.3 is 15.7 Å². The number of hydrogen-bond acceptors (Lipinski definition) is 3. The molecular formula is C14H26N2O3. The molecule has 3 N–H and O–H groups in total. The van der Waals surface area contributed by atoms with E-state index in [2.05, 4.69) is 17.6 Å². The van der Waals surface area contributed by atoms with Crippen LogP contribution >= 0.6 is 0 Å². The lowest BCUT2D eigenvalue weighted by molar-refractivity contribution is -0.137. The summed E-state index contributed by atoms with van der Waals surface area (Å²) >= 11 is 0. The number of aliphatic carboxylic acids is 1. The lowest BCUT2D eigenvalue weighted by atomic mass is 9.90. The molecule has 0 radical (unpaired) electrons. The van der Waals surface area contributed by atoms with Crippen LogP contribution in [0.3, 0.4) is 0 Å². The van der Waals surface area contributed by atoms with E-state index in [4.69, 9.17) is 5.11 Å². The summed E-state index contributed by atoms with van der Waals surface area (Å²) in [5.41, 5.74) is 0. The van der Waals surface area contributed by atoms with Gasteiger partial charge in [0, 0.05) is 13.0 Å². The van der Waals surface area contributed by atoms with Gasteiger partial charge in [0.2, 0.25) is 5.91 Å². The Morgan fingerprint density at radius 1 is 1.32 bits per heavy atom. The molecule has 19 heavy (non-hydrogen) atoms. The molecule has 1 saturated heterocycles. The van der Waals surface area contributed by atoms with Gasteiger partial charge in [0.25, 0.3) is 0 Å². The SMILES string of the molecule is CCC1CCNC(C(=O)NCCCCCC(=O)O)C1. The number of carbonyl (C=O) groups is 2. The van der Waals surface area contributed by atoms with Crippen LogP contribution in [0.25, 0.3) is 0 Å². The molecular weight excluding hydrogens is 244 g/mol. The predicted octanol–water partition coefficient (Wildman–Crippen LogP) is 1.53. The Labute approximate surface area is 115 Å². The van der Waals surface area contributed by atoms with Crippen LogP contribution in [0.5, 0.6) is 0 Å². The largest absolute Gasteiger partial charge is 0.481 e. The molecule has 1 rings (SSSR count). The summed E-state index contributed by atoms with van der Waals surface area (Å²) in [6.45, 7) is 3.75. The van der Waals surface area contributed by atoms with Crippen molar-refractivity contribution < 1.29 is 14.7 Å². The first-order chi connectivity index (χ1) is 9.13. The summed E-state index contributed by atoms with van der Waals surface area (Å²) in [7, 11) is 0. The van der Waals surface area contributed by atoms with E-state index in [1.54, 1.807) is 0 Å². The van der Waals surface area contributed by atoms with E-state index < -0.39 is 5.97 Å². The minimum Gasteiger partial charge on any atom is -0.481 e. The number of hydrogen-bond donors (Lipinski definition) is 3. The zero-order valence-corrected chi connectivity index (χ0v) is 11.8. The number of piperidine rings is 1. The van der Waals surface area contributed by atoms with Crippen LogP contribution in [0.2, 0.25) is 0 Å². The van der Waals surface area contributed by atoms with E-state index in [0.717, 1.165) is 38.6 Å². The summed E-state index contributed by atoms with van der Waals surface area (Å²) in [4.78, 5) is 22.3. The normalized spacial score (nSPS) is 23.0. The van der Waals surface area contributed by atoms with Gasteiger partial charge in [-0.3, -0.25) is 9.59 Å². The summed E-state index contributed by atoms with van der Waals surface area (Å²) in [6.07, 6.45) is 5.84. The van der Waals surface area contributed by atoms with Gasteiger partial charge >= 0.3 is 5.97 Å². The standard InChI is InChI=1S/C14H26N2O3/c1-2-11-7-9-15-12(10-11)14(19)16-8-5-3-4-6-13(17)18/h11-12,15H,2-10H2,1H3,(H,16,19)(H,17,18). The van der Waals surface area contributed by atoms with Gasteiger partial charge in [0.05, 0.1) is 6.04 Å². The van der Waals surface area contributed by atoms with Gasteiger partial charge in [-0.05, 0) is 38.1 Å². The van der Waals surface area contributed by atoms with Crippen molar-refractivity contribution in [3.63, 3.8) is 0 Å². The van der Waals surface area contributed by atoms with Gasteiger partial charge in [0.15, 0.2) is 0 Å². The molecule has 1 aliphatic rings. The molecule has 0 aromatic carbocycles. The van der Waals surface area contributed by atoms with E-state index >= 15 is 0 Å². The molecule has 0 aliphatic carbocycles. The Kier molecular flexibility index (Phi) is 7.48. The monoisotopic (exact) mass is 270 g/mol. The van der Waals surface area contributed by atoms with Crippen LogP contribution in [0, 0.1) is 5.92 Å². The zero-order chi connectivity index (χ0) is 14.1. The maximum absolute atomic E-state index is 11.9. The number of nitrogens with one attached hydrogen (secondary N) is 2. The highest BCUT2D eigenvalue weighted by molar-refractivity contribution is 5.81. The van der Waals surface area contributed by atoms with Crippen molar-refractivity contribution >= 4 is 11.9 Å². The fourth-order valence-corrected chi connectivity index (χ4v) is 2.48. The number of carboxylic acids is 1. The molecule has 5 nitrogen and oxygen atoms in total. The quantitative estimate of drug-likeness (QED) is 0.584. The Balaban J connectivity index is 2.08. The maximum atomic E-state index is 11.9.